The number of ether oxygens (including phenoxy) is 1. The topological polar surface area (TPSA) is 49.7 Å². The molecule has 0 bridgehead atoms. The van der Waals surface area contributed by atoms with Crippen molar-refractivity contribution >= 4 is 12.4 Å². The molecule has 1 aromatic rings. The number of hydrogen-bond donors (Lipinski definition) is 2. The highest BCUT2D eigenvalue weighted by atomic mass is 35.5. The van der Waals surface area contributed by atoms with E-state index in [1.165, 1.54) is 6.07 Å². The summed E-state index contributed by atoms with van der Waals surface area (Å²) in [5.41, 5.74) is 1.83. The van der Waals surface area contributed by atoms with Crippen molar-refractivity contribution < 1.29 is 14.9 Å². The fourth-order valence-electron chi connectivity index (χ4n) is 2.02. The maximum Gasteiger partial charge on any atom is 0.161 e. The Kier molecular flexibility index (Phi) is 3.95. The molecule has 2 N–H and O–H groups in total. The van der Waals surface area contributed by atoms with E-state index in [1.807, 2.05) is 6.07 Å². The lowest BCUT2D eigenvalue weighted by Crippen LogP contribution is -2.34. The highest BCUT2D eigenvalue weighted by Crippen LogP contribution is 2.38. The van der Waals surface area contributed by atoms with E-state index < -0.39 is 0 Å². The maximum atomic E-state index is 9.82. The molecule has 1 aromatic carbocycles. The van der Waals surface area contributed by atoms with Crippen molar-refractivity contribution in [1.82, 2.24) is 0 Å². The van der Waals surface area contributed by atoms with Gasteiger partial charge in [0.05, 0.1) is 12.7 Å². The van der Waals surface area contributed by atoms with Crippen LogP contribution in [-0.4, -0.2) is 16.3 Å². The van der Waals surface area contributed by atoms with E-state index in [-0.39, 0.29) is 35.4 Å². The number of phenolic OH excluding ortho intramolecular Hbond substituents is 2. The molecule has 96 valence electrons. The Labute approximate surface area is 108 Å². The second-order valence-electron chi connectivity index (χ2n) is 5.44. The first kappa shape index (κ1) is 14.1. The lowest BCUT2D eigenvalue weighted by molar-refractivity contribution is -0.0380. The van der Waals surface area contributed by atoms with E-state index in [0.717, 1.165) is 11.1 Å². The SMILES string of the molecule is CC(C)(C)C1Cc2c(ccc(O)c2O)CO1.Cl. The van der Waals surface area contributed by atoms with Gasteiger partial charge in [0.15, 0.2) is 11.5 Å². The van der Waals surface area contributed by atoms with Crippen molar-refractivity contribution in [3.63, 3.8) is 0 Å². The van der Waals surface area contributed by atoms with E-state index in [2.05, 4.69) is 20.8 Å². The van der Waals surface area contributed by atoms with Crippen LogP contribution in [0.4, 0.5) is 0 Å². The molecule has 1 unspecified atom stereocenters. The summed E-state index contributed by atoms with van der Waals surface area (Å²) in [5.74, 6) is -0.0386. The first-order chi connectivity index (χ1) is 7.39. The fourth-order valence-corrected chi connectivity index (χ4v) is 2.02. The van der Waals surface area contributed by atoms with E-state index in [4.69, 9.17) is 4.74 Å². The molecule has 3 nitrogen and oxygen atoms in total. The molecule has 4 heteroatoms. The van der Waals surface area contributed by atoms with Gasteiger partial charge in [-0.15, -0.1) is 12.4 Å². The number of phenols is 2. The third-order valence-electron chi connectivity index (χ3n) is 3.15. The minimum absolute atomic E-state index is 0. The van der Waals surface area contributed by atoms with Gasteiger partial charge in [-0.2, -0.15) is 0 Å². The van der Waals surface area contributed by atoms with Crippen LogP contribution in [0.5, 0.6) is 11.5 Å². The highest BCUT2D eigenvalue weighted by Gasteiger charge is 2.31. The van der Waals surface area contributed by atoms with Gasteiger partial charge in [0.2, 0.25) is 0 Å². The summed E-state index contributed by atoms with van der Waals surface area (Å²) >= 11 is 0. The van der Waals surface area contributed by atoms with Gasteiger partial charge in [0.25, 0.3) is 0 Å². The first-order valence-electron chi connectivity index (χ1n) is 5.54. The summed E-state index contributed by atoms with van der Waals surface area (Å²) in [4.78, 5) is 0. The summed E-state index contributed by atoms with van der Waals surface area (Å²) in [6, 6.07) is 3.32. The third kappa shape index (κ3) is 2.67. The van der Waals surface area contributed by atoms with Crippen LogP contribution in [0.2, 0.25) is 0 Å². The van der Waals surface area contributed by atoms with E-state index in [9.17, 15) is 10.2 Å². The average Bonchev–Trinajstić information content (AvgIpc) is 2.22. The molecule has 0 aromatic heterocycles. The highest BCUT2D eigenvalue weighted by molar-refractivity contribution is 5.85. The fraction of sp³-hybridized carbons (Fsp3) is 0.538. The number of aromatic hydroxyl groups is 2. The molecule has 1 atom stereocenters. The standard InChI is InChI=1S/C13H18O3.ClH/c1-13(2,3)11-6-9-8(7-16-11)4-5-10(14)12(9)15;/h4-5,11,14-15H,6-7H2,1-3H3;1H. The number of hydrogen-bond acceptors (Lipinski definition) is 3. The Bertz CT molecular complexity index is 410. The molecule has 0 saturated carbocycles. The molecule has 17 heavy (non-hydrogen) atoms. The predicted molar refractivity (Wildman–Crippen MR) is 68.8 cm³/mol. The predicted octanol–water partition coefficient (Wildman–Crippen LogP) is 3.01. The van der Waals surface area contributed by atoms with Gasteiger partial charge < -0.3 is 14.9 Å². The van der Waals surface area contributed by atoms with Gasteiger partial charge in [-0.1, -0.05) is 26.8 Å². The zero-order valence-electron chi connectivity index (χ0n) is 10.4. The first-order valence-corrected chi connectivity index (χ1v) is 5.54. The molecule has 1 heterocycles. The summed E-state index contributed by atoms with van der Waals surface area (Å²) in [7, 11) is 0. The lowest BCUT2D eigenvalue weighted by Gasteiger charge is -2.35. The Morgan fingerprint density at radius 1 is 1.24 bits per heavy atom. The summed E-state index contributed by atoms with van der Waals surface area (Å²) in [5, 5.41) is 19.3. The Morgan fingerprint density at radius 2 is 1.88 bits per heavy atom. The maximum absolute atomic E-state index is 9.82. The van der Waals surface area contributed by atoms with Crippen LogP contribution >= 0.6 is 12.4 Å². The normalized spacial score (nSPS) is 19.4. The monoisotopic (exact) mass is 258 g/mol. The number of rotatable bonds is 0. The molecule has 2 rings (SSSR count). The van der Waals surface area contributed by atoms with Crippen molar-refractivity contribution in [2.24, 2.45) is 5.41 Å². The van der Waals surface area contributed by atoms with Gasteiger partial charge in [-0.05, 0) is 17.0 Å². The van der Waals surface area contributed by atoms with E-state index in [1.54, 1.807) is 0 Å². The molecule has 0 radical (unpaired) electrons. The minimum Gasteiger partial charge on any atom is -0.504 e. The zero-order valence-corrected chi connectivity index (χ0v) is 11.2. The van der Waals surface area contributed by atoms with Crippen molar-refractivity contribution in [2.45, 2.75) is 39.9 Å². The number of benzene rings is 1. The quantitative estimate of drug-likeness (QED) is 0.704. The molecule has 0 saturated heterocycles. The molecule has 0 fully saturated rings. The lowest BCUT2D eigenvalue weighted by atomic mass is 9.82. The molecule has 0 aliphatic carbocycles. The molecule has 1 aliphatic rings. The summed E-state index contributed by atoms with van der Waals surface area (Å²) in [6.07, 6.45) is 0.728. The molecule has 0 spiro atoms. The van der Waals surface area contributed by atoms with Crippen LogP contribution in [0.1, 0.15) is 31.9 Å². The van der Waals surface area contributed by atoms with Gasteiger partial charge in [0.1, 0.15) is 0 Å². The van der Waals surface area contributed by atoms with E-state index >= 15 is 0 Å². The van der Waals surface area contributed by atoms with Crippen LogP contribution in [-0.2, 0) is 17.8 Å². The Balaban J connectivity index is 0.00000144. The Morgan fingerprint density at radius 3 is 2.47 bits per heavy atom. The van der Waals surface area contributed by atoms with Crippen LogP contribution in [0.3, 0.4) is 0 Å². The second-order valence-corrected chi connectivity index (χ2v) is 5.44. The van der Waals surface area contributed by atoms with Gasteiger partial charge in [0, 0.05) is 12.0 Å². The largest absolute Gasteiger partial charge is 0.504 e. The van der Waals surface area contributed by atoms with Crippen LogP contribution < -0.4 is 0 Å². The number of halogens is 1. The number of fused-ring (bicyclic) bond motifs is 1. The summed E-state index contributed by atoms with van der Waals surface area (Å²) < 4.78 is 5.77. The van der Waals surface area contributed by atoms with Crippen LogP contribution in [0.25, 0.3) is 0 Å². The summed E-state index contributed by atoms with van der Waals surface area (Å²) in [6.45, 7) is 6.85. The Hall–Kier alpha value is -0.930. The van der Waals surface area contributed by atoms with Crippen molar-refractivity contribution in [1.29, 1.82) is 0 Å². The zero-order chi connectivity index (χ0) is 11.9. The average molecular weight is 259 g/mol. The molecule has 0 amide bonds. The minimum atomic E-state index is -0.0479. The van der Waals surface area contributed by atoms with Gasteiger partial charge >= 0.3 is 0 Å². The second kappa shape index (κ2) is 4.75. The molecule has 1 aliphatic heterocycles. The van der Waals surface area contributed by atoms with Crippen molar-refractivity contribution in [2.75, 3.05) is 0 Å². The van der Waals surface area contributed by atoms with Gasteiger partial charge in [-0.3, -0.25) is 0 Å². The molecular formula is C13H19ClO3. The third-order valence-corrected chi connectivity index (χ3v) is 3.15. The van der Waals surface area contributed by atoms with E-state index in [0.29, 0.717) is 13.0 Å². The van der Waals surface area contributed by atoms with Crippen LogP contribution in [0.15, 0.2) is 12.1 Å². The van der Waals surface area contributed by atoms with Crippen molar-refractivity contribution in [3.05, 3.63) is 23.3 Å². The van der Waals surface area contributed by atoms with Gasteiger partial charge in [-0.25, -0.2) is 0 Å². The molecular weight excluding hydrogens is 240 g/mol. The smallest absolute Gasteiger partial charge is 0.161 e. The van der Waals surface area contributed by atoms with Crippen molar-refractivity contribution in [3.8, 4) is 11.5 Å². The van der Waals surface area contributed by atoms with Crippen LogP contribution in [0, 0.1) is 5.41 Å².